The highest BCUT2D eigenvalue weighted by Gasteiger charge is 2.43. The van der Waals surface area contributed by atoms with Crippen LogP contribution in [0.5, 0.6) is 0 Å². The van der Waals surface area contributed by atoms with Gasteiger partial charge in [-0.1, -0.05) is 36.4 Å². The summed E-state index contributed by atoms with van der Waals surface area (Å²) >= 11 is 0. The molecule has 1 N–H and O–H groups in total. The molecule has 2 aromatic rings. The van der Waals surface area contributed by atoms with Crippen LogP contribution in [-0.4, -0.2) is 35.0 Å². The van der Waals surface area contributed by atoms with Gasteiger partial charge in [-0.25, -0.2) is 0 Å². The Kier molecular flexibility index (Phi) is 4.62. The van der Waals surface area contributed by atoms with E-state index in [9.17, 15) is 14.7 Å². The molecule has 1 aliphatic heterocycles. The third-order valence-corrected chi connectivity index (χ3v) is 5.39. The van der Waals surface area contributed by atoms with Gasteiger partial charge < -0.3 is 10.0 Å². The van der Waals surface area contributed by atoms with E-state index < -0.39 is 11.4 Å². The minimum Gasteiger partial charge on any atom is -0.481 e. The SMILES string of the molecule is Cc1ccc(C(=O)N2CCC(C(=O)O)(c3ccccc3)CC2)cc1C. The van der Waals surface area contributed by atoms with Gasteiger partial charge in [0.25, 0.3) is 5.91 Å². The molecule has 1 saturated heterocycles. The van der Waals surface area contributed by atoms with Crippen molar-refractivity contribution in [3.05, 3.63) is 70.8 Å². The Hall–Kier alpha value is -2.62. The molecule has 25 heavy (non-hydrogen) atoms. The fourth-order valence-electron chi connectivity index (χ4n) is 3.53. The number of carbonyl (C=O) groups excluding carboxylic acids is 1. The Morgan fingerprint density at radius 3 is 2.16 bits per heavy atom. The molecule has 3 rings (SSSR count). The Morgan fingerprint density at radius 2 is 1.60 bits per heavy atom. The Bertz CT molecular complexity index is 790. The highest BCUT2D eigenvalue weighted by molar-refractivity contribution is 5.95. The molecule has 0 radical (unpaired) electrons. The summed E-state index contributed by atoms with van der Waals surface area (Å²) in [5, 5.41) is 9.85. The Morgan fingerprint density at radius 1 is 0.960 bits per heavy atom. The van der Waals surface area contributed by atoms with Gasteiger partial charge in [0.05, 0.1) is 5.41 Å². The molecule has 2 aromatic carbocycles. The molecule has 0 saturated carbocycles. The van der Waals surface area contributed by atoms with E-state index in [2.05, 4.69) is 0 Å². The number of hydrogen-bond acceptors (Lipinski definition) is 2. The predicted molar refractivity (Wildman–Crippen MR) is 96.8 cm³/mol. The van der Waals surface area contributed by atoms with Crippen LogP contribution < -0.4 is 0 Å². The zero-order valence-electron chi connectivity index (χ0n) is 14.7. The number of nitrogens with zero attached hydrogens (tertiary/aromatic N) is 1. The number of rotatable bonds is 3. The van der Waals surface area contributed by atoms with Crippen LogP contribution in [0.25, 0.3) is 0 Å². The molecule has 0 bridgehead atoms. The third kappa shape index (κ3) is 3.16. The van der Waals surface area contributed by atoms with Gasteiger partial charge in [-0.15, -0.1) is 0 Å². The molecule has 0 unspecified atom stereocenters. The minimum absolute atomic E-state index is 0.0184. The molecule has 0 atom stereocenters. The van der Waals surface area contributed by atoms with Crippen LogP contribution in [0.15, 0.2) is 48.5 Å². The Labute approximate surface area is 148 Å². The van der Waals surface area contributed by atoms with E-state index in [1.54, 1.807) is 4.90 Å². The van der Waals surface area contributed by atoms with Gasteiger partial charge in [0.15, 0.2) is 0 Å². The number of carbonyl (C=O) groups is 2. The van der Waals surface area contributed by atoms with Gasteiger partial charge in [0.1, 0.15) is 0 Å². The molecule has 1 heterocycles. The number of aryl methyl sites for hydroxylation is 2. The van der Waals surface area contributed by atoms with Crippen LogP contribution in [0.2, 0.25) is 0 Å². The zero-order valence-corrected chi connectivity index (χ0v) is 14.7. The lowest BCUT2D eigenvalue weighted by Crippen LogP contribution is -2.49. The van der Waals surface area contributed by atoms with Crippen LogP contribution >= 0.6 is 0 Å². The van der Waals surface area contributed by atoms with E-state index in [1.165, 1.54) is 0 Å². The maximum absolute atomic E-state index is 12.8. The van der Waals surface area contributed by atoms with Crippen molar-refractivity contribution in [2.24, 2.45) is 0 Å². The number of piperidine rings is 1. The standard InChI is InChI=1S/C21H23NO3/c1-15-8-9-17(14-16(15)2)19(23)22-12-10-21(11-13-22,20(24)25)18-6-4-3-5-7-18/h3-9,14H,10-13H2,1-2H3,(H,24,25). The summed E-state index contributed by atoms with van der Waals surface area (Å²) in [5.74, 6) is -0.827. The van der Waals surface area contributed by atoms with E-state index in [0.717, 1.165) is 16.7 Å². The topological polar surface area (TPSA) is 57.6 Å². The summed E-state index contributed by atoms with van der Waals surface area (Å²) < 4.78 is 0. The van der Waals surface area contributed by atoms with Crippen molar-refractivity contribution in [3.8, 4) is 0 Å². The van der Waals surface area contributed by atoms with Gasteiger partial charge >= 0.3 is 5.97 Å². The normalized spacial score (nSPS) is 16.5. The first-order chi connectivity index (χ1) is 11.9. The smallest absolute Gasteiger partial charge is 0.314 e. The fourth-order valence-corrected chi connectivity index (χ4v) is 3.53. The van der Waals surface area contributed by atoms with Gasteiger partial charge in [0.2, 0.25) is 0 Å². The van der Waals surface area contributed by atoms with E-state index in [-0.39, 0.29) is 5.91 Å². The molecule has 0 aliphatic carbocycles. The number of amides is 1. The van der Waals surface area contributed by atoms with Crippen LogP contribution in [-0.2, 0) is 10.2 Å². The number of hydrogen-bond donors (Lipinski definition) is 1. The van der Waals surface area contributed by atoms with Crippen molar-refractivity contribution in [1.29, 1.82) is 0 Å². The molecular formula is C21H23NO3. The van der Waals surface area contributed by atoms with Crippen molar-refractivity contribution < 1.29 is 14.7 Å². The lowest BCUT2D eigenvalue weighted by atomic mass is 9.72. The molecule has 0 aromatic heterocycles. The van der Waals surface area contributed by atoms with Crippen LogP contribution in [0, 0.1) is 13.8 Å². The molecule has 1 amide bonds. The van der Waals surface area contributed by atoms with Crippen LogP contribution in [0.3, 0.4) is 0 Å². The van der Waals surface area contributed by atoms with Crippen molar-refractivity contribution in [2.75, 3.05) is 13.1 Å². The number of carboxylic acid groups (broad SMARTS) is 1. The second kappa shape index (κ2) is 6.71. The maximum atomic E-state index is 12.8. The number of carboxylic acids is 1. The van der Waals surface area contributed by atoms with Gasteiger partial charge in [-0.05, 0) is 55.5 Å². The first kappa shape index (κ1) is 17.2. The van der Waals surface area contributed by atoms with Crippen LogP contribution in [0.4, 0.5) is 0 Å². The molecule has 130 valence electrons. The van der Waals surface area contributed by atoms with E-state index >= 15 is 0 Å². The van der Waals surface area contributed by atoms with Crippen molar-refractivity contribution in [1.82, 2.24) is 4.90 Å². The third-order valence-electron chi connectivity index (χ3n) is 5.39. The van der Waals surface area contributed by atoms with Crippen molar-refractivity contribution in [3.63, 3.8) is 0 Å². The largest absolute Gasteiger partial charge is 0.481 e. The van der Waals surface area contributed by atoms with Gasteiger partial charge in [-0.2, -0.15) is 0 Å². The van der Waals surface area contributed by atoms with Crippen molar-refractivity contribution >= 4 is 11.9 Å². The predicted octanol–water partition coefficient (Wildman–Crippen LogP) is 3.56. The molecular weight excluding hydrogens is 314 g/mol. The number of aliphatic carboxylic acids is 1. The highest BCUT2D eigenvalue weighted by Crippen LogP contribution is 2.36. The van der Waals surface area contributed by atoms with E-state index in [0.29, 0.717) is 31.5 Å². The van der Waals surface area contributed by atoms with E-state index in [4.69, 9.17) is 0 Å². The lowest BCUT2D eigenvalue weighted by Gasteiger charge is -2.39. The number of likely N-dealkylation sites (tertiary alicyclic amines) is 1. The van der Waals surface area contributed by atoms with Crippen molar-refractivity contribution in [2.45, 2.75) is 32.1 Å². The van der Waals surface area contributed by atoms with Crippen LogP contribution in [0.1, 0.15) is 39.9 Å². The average Bonchev–Trinajstić information content (AvgIpc) is 2.64. The number of benzene rings is 2. The highest BCUT2D eigenvalue weighted by atomic mass is 16.4. The van der Waals surface area contributed by atoms with E-state index in [1.807, 2.05) is 62.4 Å². The average molecular weight is 337 g/mol. The summed E-state index contributed by atoms with van der Waals surface area (Å²) in [6.45, 7) is 4.92. The summed E-state index contributed by atoms with van der Waals surface area (Å²) in [7, 11) is 0. The maximum Gasteiger partial charge on any atom is 0.314 e. The second-order valence-corrected chi connectivity index (χ2v) is 6.84. The summed E-state index contributed by atoms with van der Waals surface area (Å²) in [5.41, 5.74) is 2.84. The molecule has 4 nitrogen and oxygen atoms in total. The molecule has 0 spiro atoms. The fraction of sp³-hybridized carbons (Fsp3) is 0.333. The van der Waals surface area contributed by atoms with Gasteiger partial charge in [0, 0.05) is 18.7 Å². The lowest BCUT2D eigenvalue weighted by molar-refractivity contribution is -0.145. The first-order valence-electron chi connectivity index (χ1n) is 8.59. The monoisotopic (exact) mass is 337 g/mol. The Balaban J connectivity index is 1.79. The minimum atomic E-state index is -0.902. The summed E-state index contributed by atoms with van der Waals surface area (Å²) in [6.07, 6.45) is 0.867. The summed E-state index contributed by atoms with van der Waals surface area (Å²) in [4.78, 5) is 26.5. The van der Waals surface area contributed by atoms with Gasteiger partial charge in [-0.3, -0.25) is 9.59 Å². The first-order valence-corrected chi connectivity index (χ1v) is 8.59. The molecule has 1 fully saturated rings. The second-order valence-electron chi connectivity index (χ2n) is 6.84. The summed E-state index contributed by atoms with van der Waals surface area (Å²) in [6, 6.07) is 15.1. The molecule has 1 aliphatic rings. The quantitative estimate of drug-likeness (QED) is 0.931. The zero-order chi connectivity index (χ0) is 18.0. The molecule has 4 heteroatoms.